The Hall–Kier alpha value is -3.31. The zero-order chi connectivity index (χ0) is 22.7. The second-order valence-electron chi connectivity index (χ2n) is 6.67. The third-order valence-electron chi connectivity index (χ3n) is 4.52. The molecule has 1 aromatic heterocycles. The van der Waals surface area contributed by atoms with Crippen molar-refractivity contribution in [1.82, 2.24) is 9.55 Å². The molecule has 0 spiro atoms. The molecule has 0 aliphatic rings. The van der Waals surface area contributed by atoms with Crippen molar-refractivity contribution in [3.05, 3.63) is 92.7 Å². The van der Waals surface area contributed by atoms with Crippen LogP contribution < -0.4 is 10.9 Å². The van der Waals surface area contributed by atoms with Gasteiger partial charge in [0.2, 0.25) is 5.91 Å². The van der Waals surface area contributed by atoms with Crippen LogP contribution >= 0.6 is 35.0 Å². The van der Waals surface area contributed by atoms with Crippen molar-refractivity contribution in [1.29, 1.82) is 5.26 Å². The van der Waals surface area contributed by atoms with Gasteiger partial charge in [-0.25, -0.2) is 4.98 Å². The van der Waals surface area contributed by atoms with Crippen LogP contribution in [0.15, 0.2) is 76.7 Å². The molecule has 158 valence electrons. The number of amides is 1. The van der Waals surface area contributed by atoms with E-state index in [1.54, 1.807) is 54.6 Å². The van der Waals surface area contributed by atoms with Crippen LogP contribution in [-0.2, 0) is 4.79 Å². The number of nitriles is 1. The Kier molecular flexibility index (Phi) is 6.47. The molecule has 6 nitrogen and oxygen atoms in total. The summed E-state index contributed by atoms with van der Waals surface area (Å²) < 4.78 is 1.44. The maximum atomic E-state index is 13.2. The van der Waals surface area contributed by atoms with Crippen molar-refractivity contribution < 1.29 is 4.79 Å². The molecule has 3 aromatic carbocycles. The number of hydrogen-bond acceptors (Lipinski definition) is 5. The Morgan fingerprint density at radius 3 is 2.62 bits per heavy atom. The second kappa shape index (κ2) is 9.45. The van der Waals surface area contributed by atoms with Gasteiger partial charge in [0, 0.05) is 10.0 Å². The summed E-state index contributed by atoms with van der Waals surface area (Å²) in [6, 6.07) is 20.5. The molecule has 0 unspecified atom stereocenters. The maximum absolute atomic E-state index is 13.2. The normalized spacial score (nSPS) is 10.7. The highest BCUT2D eigenvalue weighted by atomic mass is 35.5. The Labute approximate surface area is 197 Å². The molecule has 0 saturated heterocycles. The predicted octanol–water partition coefficient (Wildman–Crippen LogP) is 5.29. The van der Waals surface area contributed by atoms with Gasteiger partial charge in [-0.2, -0.15) is 5.26 Å². The third-order valence-corrected chi connectivity index (χ3v) is 5.93. The van der Waals surface area contributed by atoms with Gasteiger partial charge in [-0.1, -0.05) is 53.2 Å². The van der Waals surface area contributed by atoms with Crippen molar-refractivity contribution >= 4 is 57.5 Å². The third kappa shape index (κ3) is 4.63. The van der Waals surface area contributed by atoms with E-state index in [4.69, 9.17) is 23.2 Å². The number of carbonyl (C=O) groups is 1. The molecule has 32 heavy (non-hydrogen) atoms. The fourth-order valence-corrected chi connectivity index (χ4v) is 4.26. The molecule has 0 aliphatic carbocycles. The SMILES string of the molecule is N#Cc1ccc(Cl)cc1NC(=O)CSc1nc2ccccc2c(=O)n1-c1cccc(Cl)c1. The summed E-state index contributed by atoms with van der Waals surface area (Å²) >= 11 is 13.2. The second-order valence-corrected chi connectivity index (χ2v) is 8.49. The van der Waals surface area contributed by atoms with Gasteiger partial charge in [-0.05, 0) is 48.5 Å². The number of thioether (sulfide) groups is 1. The number of rotatable bonds is 5. The first kappa shape index (κ1) is 21.9. The zero-order valence-corrected chi connectivity index (χ0v) is 18.7. The molecule has 1 heterocycles. The summed E-state index contributed by atoms with van der Waals surface area (Å²) in [5.41, 5.74) is 1.43. The van der Waals surface area contributed by atoms with E-state index >= 15 is 0 Å². The van der Waals surface area contributed by atoms with Gasteiger partial charge in [0.05, 0.1) is 33.6 Å². The summed E-state index contributed by atoms with van der Waals surface area (Å²) in [5.74, 6) is -0.406. The Bertz CT molecular complexity index is 1450. The summed E-state index contributed by atoms with van der Waals surface area (Å²) in [6.07, 6.45) is 0. The van der Waals surface area contributed by atoms with Crippen molar-refractivity contribution in [2.75, 3.05) is 11.1 Å². The first-order chi connectivity index (χ1) is 15.5. The molecular weight excluding hydrogens is 467 g/mol. The van der Waals surface area contributed by atoms with Crippen LogP contribution in [0.25, 0.3) is 16.6 Å². The Morgan fingerprint density at radius 2 is 1.84 bits per heavy atom. The van der Waals surface area contributed by atoms with Gasteiger partial charge in [0.1, 0.15) is 6.07 Å². The van der Waals surface area contributed by atoms with Gasteiger partial charge in [-0.15, -0.1) is 0 Å². The minimum absolute atomic E-state index is 0.0390. The lowest BCUT2D eigenvalue weighted by molar-refractivity contribution is -0.113. The van der Waals surface area contributed by atoms with Crippen LogP contribution in [0.1, 0.15) is 5.56 Å². The maximum Gasteiger partial charge on any atom is 0.266 e. The van der Waals surface area contributed by atoms with Gasteiger partial charge in [0.25, 0.3) is 5.56 Å². The average Bonchev–Trinajstić information content (AvgIpc) is 2.78. The zero-order valence-electron chi connectivity index (χ0n) is 16.4. The van der Waals surface area contributed by atoms with Gasteiger partial charge >= 0.3 is 0 Å². The van der Waals surface area contributed by atoms with Crippen molar-refractivity contribution in [3.8, 4) is 11.8 Å². The number of hydrogen-bond donors (Lipinski definition) is 1. The summed E-state index contributed by atoms with van der Waals surface area (Å²) in [4.78, 5) is 30.4. The number of nitrogens with zero attached hydrogens (tertiary/aromatic N) is 3. The molecule has 0 radical (unpaired) electrons. The van der Waals surface area contributed by atoms with Gasteiger partial charge in [-0.3, -0.25) is 14.2 Å². The van der Waals surface area contributed by atoms with Crippen LogP contribution in [0, 0.1) is 11.3 Å². The summed E-state index contributed by atoms with van der Waals surface area (Å²) in [7, 11) is 0. The van der Waals surface area contributed by atoms with Gasteiger partial charge in [0.15, 0.2) is 5.16 Å². The molecule has 9 heteroatoms. The minimum Gasteiger partial charge on any atom is -0.324 e. The number of benzene rings is 3. The van der Waals surface area contributed by atoms with Gasteiger partial charge < -0.3 is 5.32 Å². The highest BCUT2D eigenvalue weighted by molar-refractivity contribution is 7.99. The molecular formula is C23H14Cl2N4O2S. The summed E-state index contributed by atoms with van der Waals surface area (Å²) in [6.45, 7) is 0. The number of carbonyl (C=O) groups excluding carboxylic acids is 1. The molecule has 4 aromatic rings. The van der Waals surface area contributed by atoms with E-state index < -0.39 is 0 Å². The Balaban J connectivity index is 1.68. The van der Waals surface area contributed by atoms with Crippen LogP contribution in [0.2, 0.25) is 10.0 Å². The van der Waals surface area contributed by atoms with Crippen LogP contribution in [0.5, 0.6) is 0 Å². The largest absolute Gasteiger partial charge is 0.324 e. The lowest BCUT2D eigenvalue weighted by Gasteiger charge is -2.13. The van der Waals surface area contributed by atoms with Crippen LogP contribution in [0.3, 0.4) is 0 Å². The van der Waals surface area contributed by atoms with Crippen LogP contribution in [-0.4, -0.2) is 21.2 Å². The average molecular weight is 481 g/mol. The van der Waals surface area contributed by atoms with E-state index in [0.29, 0.717) is 43.0 Å². The van der Waals surface area contributed by atoms with Crippen molar-refractivity contribution in [2.45, 2.75) is 5.16 Å². The van der Waals surface area contributed by atoms with E-state index in [1.807, 2.05) is 6.07 Å². The number of nitrogens with one attached hydrogen (secondary N) is 1. The topological polar surface area (TPSA) is 87.8 Å². The lowest BCUT2D eigenvalue weighted by Crippen LogP contribution is -2.23. The predicted molar refractivity (Wildman–Crippen MR) is 128 cm³/mol. The molecule has 0 bridgehead atoms. The lowest BCUT2D eigenvalue weighted by atomic mass is 10.2. The molecule has 1 amide bonds. The van der Waals surface area contributed by atoms with Crippen molar-refractivity contribution in [3.63, 3.8) is 0 Å². The molecule has 0 fully saturated rings. The highest BCUT2D eigenvalue weighted by Gasteiger charge is 2.16. The van der Waals surface area contributed by atoms with E-state index in [1.165, 1.54) is 16.7 Å². The number of halogens is 2. The number of para-hydroxylation sites is 1. The van der Waals surface area contributed by atoms with E-state index in [2.05, 4.69) is 10.3 Å². The first-order valence-electron chi connectivity index (χ1n) is 9.36. The van der Waals surface area contributed by atoms with Crippen molar-refractivity contribution in [2.24, 2.45) is 0 Å². The number of anilines is 1. The molecule has 0 saturated carbocycles. The molecule has 1 N–H and O–H groups in total. The first-order valence-corrected chi connectivity index (χ1v) is 11.1. The number of aromatic nitrogens is 2. The molecule has 0 aliphatic heterocycles. The monoisotopic (exact) mass is 480 g/mol. The smallest absolute Gasteiger partial charge is 0.266 e. The fraction of sp³-hybridized carbons (Fsp3) is 0.0435. The number of fused-ring (bicyclic) bond motifs is 1. The summed E-state index contributed by atoms with van der Waals surface area (Å²) in [5, 5.41) is 13.6. The highest BCUT2D eigenvalue weighted by Crippen LogP contribution is 2.24. The Morgan fingerprint density at radius 1 is 1.06 bits per heavy atom. The molecule has 0 atom stereocenters. The fourth-order valence-electron chi connectivity index (χ4n) is 3.09. The van der Waals surface area contributed by atoms with E-state index in [9.17, 15) is 14.9 Å². The minimum atomic E-state index is -0.367. The standard InChI is InChI=1S/C23H14Cl2N4O2S/c24-15-4-3-5-17(10-15)29-22(31)18-6-1-2-7-19(18)28-23(29)32-13-21(30)27-20-11-16(25)9-8-14(20)12-26/h1-11H,13H2,(H,27,30). The van der Waals surface area contributed by atoms with E-state index in [-0.39, 0.29) is 17.2 Å². The quantitative estimate of drug-likeness (QED) is 0.309. The van der Waals surface area contributed by atoms with Crippen LogP contribution in [0.4, 0.5) is 5.69 Å². The van der Waals surface area contributed by atoms with E-state index in [0.717, 1.165) is 11.8 Å². The molecule has 4 rings (SSSR count).